The molecule has 0 aliphatic carbocycles. The van der Waals surface area contributed by atoms with Gasteiger partial charge < -0.3 is 27.5 Å². The molecule has 0 radical (unpaired) electrons. The van der Waals surface area contributed by atoms with E-state index < -0.39 is 0 Å². The van der Waals surface area contributed by atoms with Gasteiger partial charge in [-0.1, -0.05) is 195 Å². The molecule has 2 amide bonds. The van der Waals surface area contributed by atoms with Gasteiger partial charge in [0.25, 0.3) is 0 Å². The molecule has 53 heavy (non-hydrogen) atoms. The molecule has 0 aromatic carbocycles. The number of nitrogens with zero attached hydrogens (tertiary/aromatic N) is 1. The summed E-state index contributed by atoms with van der Waals surface area (Å²) in [5.74, 6) is 2.18. The van der Waals surface area contributed by atoms with E-state index >= 15 is 0 Å². The SMILES string of the molecule is CCCC[N+](C)(CCCNC(=O)CCCCCCCCCCCCCCC(C)C)CCCNC(=O)CCCCCCCCCCCCCCC(C)C.[Cl-]. The van der Waals surface area contributed by atoms with Crippen molar-refractivity contribution in [2.24, 2.45) is 11.8 Å². The largest absolute Gasteiger partial charge is 1.00 e. The van der Waals surface area contributed by atoms with Gasteiger partial charge in [0.05, 0.1) is 26.7 Å². The van der Waals surface area contributed by atoms with Crippen molar-refractivity contribution >= 4 is 11.8 Å². The molecule has 0 saturated heterocycles. The van der Waals surface area contributed by atoms with E-state index in [1.165, 1.54) is 173 Å². The fraction of sp³-hybridized carbons (Fsp3) is 0.957. The lowest BCUT2D eigenvalue weighted by Crippen LogP contribution is -3.00. The van der Waals surface area contributed by atoms with Crippen LogP contribution >= 0.6 is 0 Å². The third kappa shape index (κ3) is 42.2. The number of unbranched alkanes of at least 4 members (excludes halogenated alkanes) is 23. The second kappa shape index (κ2) is 40.8. The molecule has 5 nitrogen and oxygen atoms in total. The first-order chi connectivity index (χ1) is 25.2. The van der Waals surface area contributed by atoms with E-state index in [1.807, 2.05) is 0 Å². The Labute approximate surface area is 339 Å². The molecular formula is C47H96ClN3O2. The molecule has 0 unspecified atom stereocenters. The van der Waals surface area contributed by atoms with Crippen LogP contribution in [0.25, 0.3) is 0 Å². The first-order valence-electron chi connectivity index (χ1n) is 23.6. The number of quaternary nitrogens is 1. The lowest BCUT2D eigenvalue weighted by Gasteiger charge is -2.35. The first kappa shape index (κ1) is 54.3. The maximum absolute atomic E-state index is 12.4. The zero-order valence-electron chi connectivity index (χ0n) is 37.0. The van der Waals surface area contributed by atoms with E-state index in [1.54, 1.807) is 0 Å². The number of hydrogen-bond donors (Lipinski definition) is 2. The van der Waals surface area contributed by atoms with Gasteiger partial charge in [-0.25, -0.2) is 0 Å². The van der Waals surface area contributed by atoms with E-state index in [-0.39, 0.29) is 24.2 Å². The van der Waals surface area contributed by atoms with E-state index in [4.69, 9.17) is 0 Å². The molecule has 0 saturated carbocycles. The van der Waals surface area contributed by atoms with Crippen LogP contribution < -0.4 is 23.0 Å². The van der Waals surface area contributed by atoms with Gasteiger partial charge in [0.1, 0.15) is 0 Å². The third-order valence-corrected chi connectivity index (χ3v) is 11.3. The van der Waals surface area contributed by atoms with Gasteiger partial charge in [-0.15, -0.1) is 0 Å². The average molecular weight is 771 g/mol. The highest BCUT2D eigenvalue weighted by Crippen LogP contribution is 2.16. The molecule has 0 rings (SSSR count). The molecular weight excluding hydrogens is 674 g/mol. The lowest BCUT2D eigenvalue weighted by molar-refractivity contribution is -0.910. The summed E-state index contributed by atoms with van der Waals surface area (Å²) in [7, 11) is 2.36. The summed E-state index contributed by atoms with van der Waals surface area (Å²) in [6.45, 7) is 16.5. The van der Waals surface area contributed by atoms with Crippen molar-refractivity contribution in [2.45, 2.75) is 240 Å². The van der Waals surface area contributed by atoms with Crippen LogP contribution in [0.3, 0.4) is 0 Å². The van der Waals surface area contributed by atoms with Crippen molar-refractivity contribution < 1.29 is 26.5 Å². The molecule has 0 spiro atoms. The number of halogens is 1. The monoisotopic (exact) mass is 770 g/mol. The molecule has 0 bridgehead atoms. The Morgan fingerprint density at radius 3 is 0.962 bits per heavy atom. The predicted molar refractivity (Wildman–Crippen MR) is 230 cm³/mol. The molecule has 0 heterocycles. The Hall–Kier alpha value is -0.810. The third-order valence-electron chi connectivity index (χ3n) is 11.3. The fourth-order valence-corrected chi connectivity index (χ4v) is 7.64. The summed E-state index contributed by atoms with van der Waals surface area (Å²) in [5, 5.41) is 6.38. The van der Waals surface area contributed by atoms with Crippen molar-refractivity contribution in [2.75, 3.05) is 39.8 Å². The number of carbonyl (C=O) groups excluding carboxylic acids is 2. The Morgan fingerprint density at radius 1 is 0.415 bits per heavy atom. The first-order valence-corrected chi connectivity index (χ1v) is 23.6. The molecule has 6 heteroatoms. The normalized spacial score (nSPS) is 11.7. The quantitative estimate of drug-likeness (QED) is 0.0481. The zero-order chi connectivity index (χ0) is 38.4. The van der Waals surface area contributed by atoms with Crippen molar-refractivity contribution in [1.82, 2.24) is 10.6 Å². The smallest absolute Gasteiger partial charge is 0.219 e. The van der Waals surface area contributed by atoms with Crippen LogP contribution in [0.2, 0.25) is 0 Å². The Morgan fingerprint density at radius 2 is 0.679 bits per heavy atom. The van der Waals surface area contributed by atoms with Crippen molar-refractivity contribution in [1.29, 1.82) is 0 Å². The van der Waals surface area contributed by atoms with E-state index in [2.05, 4.69) is 52.3 Å². The molecule has 318 valence electrons. The van der Waals surface area contributed by atoms with Crippen LogP contribution in [0.1, 0.15) is 240 Å². The zero-order valence-corrected chi connectivity index (χ0v) is 37.7. The van der Waals surface area contributed by atoms with Gasteiger partial charge in [-0.3, -0.25) is 9.59 Å². The van der Waals surface area contributed by atoms with Gasteiger partial charge in [0.15, 0.2) is 0 Å². The molecule has 0 aliphatic heterocycles. The molecule has 2 N–H and O–H groups in total. The summed E-state index contributed by atoms with van der Waals surface area (Å²) >= 11 is 0. The van der Waals surface area contributed by atoms with Gasteiger partial charge in [0, 0.05) is 38.8 Å². The summed E-state index contributed by atoms with van der Waals surface area (Å²) < 4.78 is 1.04. The number of hydrogen-bond acceptors (Lipinski definition) is 2. The predicted octanol–water partition coefficient (Wildman–Crippen LogP) is 10.5. The highest BCUT2D eigenvalue weighted by molar-refractivity contribution is 5.76. The van der Waals surface area contributed by atoms with E-state index in [0.717, 1.165) is 68.2 Å². The Bertz CT molecular complexity index is 719. The van der Waals surface area contributed by atoms with Crippen molar-refractivity contribution in [3.63, 3.8) is 0 Å². The standard InChI is InChI=1S/C47H95N3O2.ClH/c1-7-8-41-50(6,42-33-39-48-46(51)37-31-27-23-19-15-11-9-13-17-21-25-29-35-44(2)3)43-34-40-49-47(52)38-32-28-24-20-16-12-10-14-18-22-26-30-36-45(4)5;/h44-45H,7-43H2,1-6H3,(H-,48,49,51,52);1H. The van der Waals surface area contributed by atoms with Crippen LogP contribution in [0.5, 0.6) is 0 Å². The summed E-state index contributed by atoms with van der Waals surface area (Å²) in [6.07, 6.45) is 40.7. The maximum Gasteiger partial charge on any atom is 0.219 e. The fourth-order valence-electron chi connectivity index (χ4n) is 7.64. The van der Waals surface area contributed by atoms with Crippen molar-refractivity contribution in [3.8, 4) is 0 Å². The molecule has 0 aliphatic rings. The molecule has 0 atom stereocenters. The number of amides is 2. The summed E-state index contributed by atoms with van der Waals surface area (Å²) in [4.78, 5) is 24.8. The van der Waals surface area contributed by atoms with Gasteiger partial charge in [0.2, 0.25) is 11.8 Å². The topological polar surface area (TPSA) is 58.2 Å². The van der Waals surface area contributed by atoms with Gasteiger partial charge in [-0.05, 0) is 31.1 Å². The maximum atomic E-state index is 12.4. The minimum absolute atomic E-state index is 0. The Kier molecular flexibility index (Phi) is 41.8. The van der Waals surface area contributed by atoms with Gasteiger partial charge in [-0.2, -0.15) is 0 Å². The highest BCUT2D eigenvalue weighted by Gasteiger charge is 2.20. The van der Waals surface area contributed by atoms with Crippen LogP contribution in [0, 0.1) is 11.8 Å². The second-order valence-electron chi connectivity index (χ2n) is 17.9. The van der Waals surface area contributed by atoms with Crippen LogP contribution in [-0.4, -0.2) is 56.1 Å². The van der Waals surface area contributed by atoms with Crippen molar-refractivity contribution in [3.05, 3.63) is 0 Å². The van der Waals surface area contributed by atoms with Crippen LogP contribution in [0.4, 0.5) is 0 Å². The Balaban J connectivity index is 0. The average Bonchev–Trinajstić information content (AvgIpc) is 3.11. The number of nitrogens with one attached hydrogen (secondary N) is 2. The van der Waals surface area contributed by atoms with E-state index in [9.17, 15) is 9.59 Å². The lowest BCUT2D eigenvalue weighted by atomic mass is 10.0. The molecule has 0 aromatic heterocycles. The minimum Gasteiger partial charge on any atom is -1.00 e. The number of carbonyl (C=O) groups is 2. The second-order valence-corrected chi connectivity index (χ2v) is 17.9. The van der Waals surface area contributed by atoms with Crippen LogP contribution in [0.15, 0.2) is 0 Å². The van der Waals surface area contributed by atoms with E-state index in [0.29, 0.717) is 12.8 Å². The minimum atomic E-state index is 0. The van der Waals surface area contributed by atoms with Gasteiger partial charge >= 0.3 is 0 Å². The molecule has 0 aromatic rings. The van der Waals surface area contributed by atoms with Crippen LogP contribution in [-0.2, 0) is 9.59 Å². The summed E-state index contributed by atoms with van der Waals surface area (Å²) in [5.41, 5.74) is 0. The highest BCUT2D eigenvalue weighted by atomic mass is 35.5. The molecule has 0 fully saturated rings. The summed E-state index contributed by atoms with van der Waals surface area (Å²) in [6, 6.07) is 0. The number of rotatable bonds is 41.